The highest BCUT2D eigenvalue weighted by Crippen LogP contribution is 2.19. The van der Waals surface area contributed by atoms with Crippen LogP contribution in [0.2, 0.25) is 0 Å². The molecule has 21 heavy (non-hydrogen) atoms. The van der Waals surface area contributed by atoms with Crippen LogP contribution < -0.4 is 10.0 Å². The summed E-state index contributed by atoms with van der Waals surface area (Å²) >= 11 is 0. The lowest BCUT2D eigenvalue weighted by Gasteiger charge is -2.23. The number of carbonyl (C=O) groups is 1. The van der Waals surface area contributed by atoms with Crippen LogP contribution in [0.1, 0.15) is 38.8 Å². The van der Waals surface area contributed by atoms with Gasteiger partial charge in [0, 0.05) is 12.0 Å². The Kier molecular flexibility index (Phi) is 5.47. The highest BCUT2D eigenvalue weighted by molar-refractivity contribution is 7.88. The van der Waals surface area contributed by atoms with E-state index >= 15 is 0 Å². The van der Waals surface area contributed by atoms with Gasteiger partial charge in [0.2, 0.25) is 15.9 Å². The fourth-order valence-corrected chi connectivity index (χ4v) is 2.57. The number of halogens is 1. The molecule has 7 heteroatoms. The highest BCUT2D eigenvalue weighted by atomic mass is 32.2. The van der Waals surface area contributed by atoms with Crippen molar-refractivity contribution in [3.8, 4) is 0 Å². The molecule has 1 aromatic carbocycles. The number of hydrogen-bond donors (Lipinski definition) is 2. The van der Waals surface area contributed by atoms with Gasteiger partial charge in [-0.05, 0) is 38.5 Å². The Morgan fingerprint density at radius 3 is 2.19 bits per heavy atom. The van der Waals surface area contributed by atoms with Crippen LogP contribution in [-0.4, -0.2) is 26.1 Å². The first-order valence-electron chi connectivity index (χ1n) is 6.50. The first kappa shape index (κ1) is 17.6. The Labute approximate surface area is 125 Å². The van der Waals surface area contributed by atoms with E-state index in [1.165, 1.54) is 24.3 Å². The predicted molar refractivity (Wildman–Crippen MR) is 79.6 cm³/mol. The van der Waals surface area contributed by atoms with Gasteiger partial charge in [-0.15, -0.1) is 0 Å². The van der Waals surface area contributed by atoms with Crippen molar-refractivity contribution in [1.29, 1.82) is 0 Å². The third-order valence-corrected chi connectivity index (χ3v) is 3.25. The van der Waals surface area contributed by atoms with Crippen LogP contribution in [0.15, 0.2) is 24.3 Å². The second kappa shape index (κ2) is 6.53. The van der Waals surface area contributed by atoms with Crippen LogP contribution in [0.3, 0.4) is 0 Å². The number of carbonyl (C=O) groups excluding carboxylic acids is 1. The summed E-state index contributed by atoms with van der Waals surface area (Å²) in [5.74, 6) is -0.705. The van der Waals surface area contributed by atoms with Gasteiger partial charge in [0.15, 0.2) is 0 Å². The summed E-state index contributed by atoms with van der Waals surface area (Å²) in [6.07, 6.45) is 0.959. The maximum absolute atomic E-state index is 13.0. The molecule has 0 unspecified atom stereocenters. The monoisotopic (exact) mass is 316 g/mol. The molecule has 1 atom stereocenters. The molecule has 0 aromatic heterocycles. The molecule has 1 aromatic rings. The Morgan fingerprint density at radius 1 is 1.24 bits per heavy atom. The molecule has 0 radical (unpaired) electrons. The van der Waals surface area contributed by atoms with E-state index in [1.54, 1.807) is 0 Å². The molecule has 1 rings (SSSR count). The van der Waals surface area contributed by atoms with Gasteiger partial charge in [0.05, 0.1) is 12.3 Å². The molecule has 0 spiro atoms. The molecule has 0 heterocycles. The van der Waals surface area contributed by atoms with E-state index in [0.717, 1.165) is 6.26 Å². The number of amides is 1. The Balaban J connectivity index is 2.93. The van der Waals surface area contributed by atoms with Gasteiger partial charge < -0.3 is 5.32 Å². The standard InChI is InChI=1S/C14H21FN2O3S/c1-14(2,3)16-13(18)9-12(17-21(4,19)20)10-5-7-11(15)8-6-10/h5-8,12,17H,9H2,1-4H3,(H,16,18)/t12-/m1/s1. The Bertz CT molecular complexity index is 592. The van der Waals surface area contributed by atoms with Crippen molar-refractivity contribution in [3.05, 3.63) is 35.6 Å². The average molecular weight is 316 g/mol. The summed E-state index contributed by atoms with van der Waals surface area (Å²) in [4.78, 5) is 12.0. The first-order chi connectivity index (χ1) is 9.46. The zero-order valence-electron chi connectivity index (χ0n) is 12.6. The lowest BCUT2D eigenvalue weighted by Crippen LogP contribution is -2.42. The molecule has 0 fully saturated rings. The molecular formula is C14H21FN2O3S. The van der Waals surface area contributed by atoms with Gasteiger partial charge in [-0.25, -0.2) is 17.5 Å². The molecule has 5 nitrogen and oxygen atoms in total. The van der Waals surface area contributed by atoms with Crippen LogP contribution in [0, 0.1) is 5.82 Å². The van der Waals surface area contributed by atoms with E-state index in [0.29, 0.717) is 5.56 Å². The second-order valence-electron chi connectivity index (χ2n) is 6.00. The van der Waals surface area contributed by atoms with Crippen molar-refractivity contribution in [3.63, 3.8) is 0 Å². The zero-order chi connectivity index (χ0) is 16.3. The van der Waals surface area contributed by atoms with Crippen LogP contribution in [-0.2, 0) is 14.8 Å². The SMILES string of the molecule is CC(C)(C)NC(=O)C[C@@H](NS(C)(=O)=O)c1ccc(F)cc1. The summed E-state index contributed by atoms with van der Waals surface area (Å²) in [5.41, 5.74) is 0.126. The molecule has 0 saturated carbocycles. The van der Waals surface area contributed by atoms with Gasteiger partial charge in [-0.2, -0.15) is 0 Å². The fraction of sp³-hybridized carbons (Fsp3) is 0.500. The molecular weight excluding hydrogens is 295 g/mol. The summed E-state index contributed by atoms with van der Waals surface area (Å²) in [6, 6.07) is 4.65. The van der Waals surface area contributed by atoms with E-state index in [2.05, 4.69) is 10.0 Å². The highest BCUT2D eigenvalue weighted by Gasteiger charge is 2.22. The van der Waals surface area contributed by atoms with Crippen molar-refractivity contribution in [1.82, 2.24) is 10.0 Å². The fourth-order valence-electron chi connectivity index (χ4n) is 1.84. The van der Waals surface area contributed by atoms with Gasteiger partial charge in [0.25, 0.3) is 0 Å². The van der Waals surface area contributed by atoms with Gasteiger partial charge in [-0.3, -0.25) is 4.79 Å². The van der Waals surface area contributed by atoms with E-state index in [1.807, 2.05) is 20.8 Å². The third kappa shape index (κ3) is 7.19. The van der Waals surface area contributed by atoms with Gasteiger partial charge in [-0.1, -0.05) is 12.1 Å². The van der Waals surface area contributed by atoms with E-state index < -0.39 is 27.4 Å². The largest absolute Gasteiger partial charge is 0.351 e. The topological polar surface area (TPSA) is 75.3 Å². The zero-order valence-corrected chi connectivity index (χ0v) is 13.4. The number of rotatable bonds is 5. The Hall–Kier alpha value is -1.47. The lowest BCUT2D eigenvalue weighted by molar-refractivity contribution is -0.122. The molecule has 118 valence electrons. The normalized spacial score (nSPS) is 13.8. The molecule has 1 amide bonds. The summed E-state index contributed by atoms with van der Waals surface area (Å²) < 4.78 is 38.2. The molecule has 0 bridgehead atoms. The quantitative estimate of drug-likeness (QED) is 0.868. The van der Waals surface area contributed by atoms with Crippen LogP contribution >= 0.6 is 0 Å². The maximum atomic E-state index is 13.0. The van der Waals surface area contributed by atoms with Crippen LogP contribution in [0.5, 0.6) is 0 Å². The van der Waals surface area contributed by atoms with Crippen LogP contribution in [0.4, 0.5) is 4.39 Å². The van der Waals surface area contributed by atoms with Crippen molar-refractivity contribution < 1.29 is 17.6 Å². The maximum Gasteiger partial charge on any atom is 0.222 e. The van der Waals surface area contributed by atoms with Crippen molar-refractivity contribution >= 4 is 15.9 Å². The van der Waals surface area contributed by atoms with Crippen molar-refractivity contribution in [2.75, 3.05) is 6.26 Å². The predicted octanol–water partition coefficient (Wildman–Crippen LogP) is 1.72. The van der Waals surface area contributed by atoms with Crippen LogP contribution in [0.25, 0.3) is 0 Å². The average Bonchev–Trinajstić information content (AvgIpc) is 2.24. The second-order valence-corrected chi connectivity index (χ2v) is 7.78. The number of benzene rings is 1. The van der Waals surface area contributed by atoms with Crippen molar-refractivity contribution in [2.45, 2.75) is 38.8 Å². The number of sulfonamides is 1. The minimum atomic E-state index is -3.49. The lowest BCUT2D eigenvalue weighted by atomic mass is 10.0. The van der Waals surface area contributed by atoms with Crippen molar-refractivity contribution in [2.24, 2.45) is 0 Å². The van der Waals surface area contributed by atoms with Gasteiger partial charge >= 0.3 is 0 Å². The molecule has 0 aliphatic rings. The minimum Gasteiger partial charge on any atom is -0.351 e. The summed E-state index contributed by atoms with van der Waals surface area (Å²) in [7, 11) is -3.49. The van der Waals surface area contributed by atoms with E-state index in [9.17, 15) is 17.6 Å². The number of nitrogens with one attached hydrogen (secondary N) is 2. The smallest absolute Gasteiger partial charge is 0.222 e. The number of hydrogen-bond acceptors (Lipinski definition) is 3. The minimum absolute atomic E-state index is 0.0596. The molecule has 0 aliphatic carbocycles. The van der Waals surface area contributed by atoms with Gasteiger partial charge in [0.1, 0.15) is 5.82 Å². The van der Waals surface area contributed by atoms with E-state index in [-0.39, 0.29) is 12.3 Å². The molecule has 0 saturated heterocycles. The Morgan fingerprint density at radius 2 is 1.76 bits per heavy atom. The van der Waals surface area contributed by atoms with E-state index in [4.69, 9.17) is 0 Å². The summed E-state index contributed by atoms with van der Waals surface area (Å²) in [5, 5.41) is 2.77. The molecule has 2 N–H and O–H groups in total. The summed E-state index contributed by atoms with van der Waals surface area (Å²) in [6.45, 7) is 5.51. The first-order valence-corrected chi connectivity index (χ1v) is 8.39. The third-order valence-electron chi connectivity index (χ3n) is 2.53. The molecule has 0 aliphatic heterocycles.